The Hall–Kier alpha value is -3.30. The molecule has 4 aromatic rings. The molecule has 3 aliphatic heterocycles. The SMILES string of the molecule is COC1[C@@H](OP(=O)([O-])OC[C@H]2O[C@@H](C)C(O)[C@H]2OC(C)C)[C@@H](COP(=O)([O-])OP(=O)([O-])OP(=O)([O-])OC[C@H]2O[C@@H]([n+]3cn(C)c4c(=O)[nH]c(N)nc43)C(O)[C@H]2OC)O[C@H]1n1cnc2c(N)ncnc21. The first-order chi connectivity index (χ1) is 32.2. The molecule has 386 valence electrons. The number of hydrogen-bond donors (Lipinski definition) is 5. The molecule has 3 fully saturated rings. The summed E-state index contributed by atoms with van der Waals surface area (Å²) in [5, 5.41) is 21.6. The van der Waals surface area contributed by atoms with Crippen LogP contribution in [0, 0.1) is 0 Å². The van der Waals surface area contributed by atoms with Crippen molar-refractivity contribution in [3.05, 3.63) is 29.3 Å². The number of aliphatic hydroxyl groups excluding tert-OH is 2. The van der Waals surface area contributed by atoms with E-state index in [9.17, 15) is 52.8 Å². The summed E-state index contributed by atoms with van der Waals surface area (Å²) in [5.41, 5.74) is 11.0. The van der Waals surface area contributed by atoms with E-state index in [1.165, 1.54) is 34.0 Å². The fourth-order valence-corrected chi connectivity index (χ4v) is 12.2. The molecule has 0 amide bonds. The lowest BCUT2D eigenvalue weighted by Gasteiger charge is -2.35. The van der Waals surface area contributed by atoms with E-state index in [-0.39, 0.29) is 34.1 Å². The molecule has 3 aliphatic rings. The topological polar surface area (TPSA) is 462 Å². The van der Waals surface area contributed by atoms with Gasteiger partial charge in [0.25, 0.3) is 42.8 Å². The molecule has 0 bridgehead atoms. The highest BCUT2D eigenvalue weighted by molar-refractivity contribution is 7.65. The number of nitrogen functional groups attached to an aromatic ring is 2. The van der Waals surface area contributed by atoms with Gasteiger partial charge in [-0.3, -0.25) is 37.2 Å². The van der Waals surface area contributed by atoms with Crippen LogP contribution in [0.4, 0.5) is 11.8 Å². The molecule has 16 atom stereocenters. The Morgan fingerprint density at radius 3 is 2.03 bits per heavy atom. The Morgan fingerprint density at radius 2 is 1.42 bits per heavy atom. The number of fused-ring (bicyclic) bond motifs is 2. The van der Waals surface area contributed by atoms with Crippen LogP contribution in [0.2, 0.25) is 0 Å². The molecule has 37 heteroatoms. The molecule has 69 heavy (non-hydrogen) atoms. The average Bonchev–Trinajstić information content (AvgIpc) is 4.04. The van der Waals surface area contributed by atoms with Crippen LogP contribution in [0.3, 0.4) is 0 Å². The second-order valence-corrected chi connectivity index (χ2v) is 21.7. The number of ether oxygens (including phenoxy) is 6. The number of phosphoric ester groups is 3. The fourth-order valence-electron chi connectivity index (χ4n) is 7.85. The van der Waals surface area contributed by atoms with Crippen LogP contribution in [0.15, 0.2) is 23.8 Å². The van der Waals surface area contributed by atoms with E-state index in [4.69, 9.17) is 53.5 Å². The molecular weight excluding hydrogens is 1020 g/mol. The minimum atomic E-state index is -6.50. The van der Waals surface area contributed by atoms with Crippen LogP contribution in [0.5, 0.6) is 0 Å². The number of aromatic amines is 1. The average molecular weight is 1060 g/mol. The maximum absolute atomic E-state index is 13.4. The molecule has 0 saturated carbocycles. The van der Waals surface area contributed by atoms with E-state index < -0.39 is 136 Å². The lowest BCUT2D eigenvalue weighted by molar-refractivity contribution is -0.745. The van der Waals surface area contributed by atoms with Gasteiger partial charge in [0.05, 0.1) is 45.4 Å². The van der Waals surface area contributed by atoms with Crippen molar-refractivity contribution in [1.82, 2.24) is 34.1 Å². The zero-order valence-electron chi connectivity index (χ0n) is 36.9. The summed E-state index contributed by atoms with van der Waals surface area (Å²) in [7, 11) is -20.6. The van der Waals surface area contributed by atoms with Gasteiger partial charge in [-0.15, -0.1) is 0 Å². The second-order valence-electron chi connectivity index (χ2n) is 15.8. The third-order valence-electron chi connectivity index (χ3n) is 10.7. The van der Waals surface area contributed by atoms with Gasteiger partial charge in [-0.25, -0.2) is 28.1 Å². The van der Waals surface area contributed by atoms with Crippen LogP contribution in [0.25, 0.3) is 22.3 Å². The Labute approximate surface area is 388 Å². The van der Waals surface area contributed by atoms with Gasteiger partial charge in [0.2, 0.25) is 11.7 Å². The molecule has 0 aliphatic carbocycles. The molecule has 33 nitrogen and oxygen atoms in total. The number of hydrogen-bond acceptors (Lipinski definition) is 29. The number of methoxy groups -OCH3 is 2. The van der Waals surface area contributed by atoms with Crippen LogP contribution >= 0.6 is 31.3 Å². The number of aliphatic hydroxyl groups is 2. The monoisotopic (exact) mass is 1060 g/mol. The van der Waals surface area contributed by atoms with Gasteiger partial charge in [-0.1, -0.05) is 4.98 Å². The van der Waals surface area contributed by atoms with Crippen molar-refractivity contribution in [2.45, 2.75) is 100 Å². The van der Waals surface area contributed by atoms with Crippen LogP contribution in [-0.2, 0) is 80.4 Å². The number of nitrogens with one attached hydrogen (secondary N) is 1. The van der Waals surface area contributed by atoms with E-state index in [2.05, 4.69) is 38.1 Å². The summed E-state index contributed by atoms with van der Waals surface area (Å²) in [4.78, 5) is 82.9. The number of nitrogens with zero attached hydrogens (tertiary/aromatic N) is 7. The van der Waals surface area contributed by atoms with Crippen molar-refractivity contribution in [3.8, 4) is 0 Å². The molecule has 7 heterocycles. The van der Waals surface area contributed by atoms with Crippen molar-refractivity contribution in [2.24, 2.45) is 7.05 Å². The lowest BCUT2D eigenvalue weighted by atomic mass is 10.1. The Balaban J connectivity index is 1.02. The van der Waals surface area contributed by atoms with Gasteiger partial charge in [0.1, 0.15) is 66.8 Å². The molecule has 7 N–H and O–H groups in total. The largest absolute Gasteiger partial charge is 0.756 e. The number of H-pyrrole nitrogens is 1. The van der Waals surface area contributed by atoms with E-state index in [0.717, 1.165) is 26.9 Å². The van der Waals surface area contributed by atoms with Crippen molar-refractivity contribution in [1.29, 1.82) is 0 Å². The minimum absolute atomic E-state index is 0.0153. The van der Waals surface area contributed by atoms with E-state index in [1.54, 1.807) is 13.8 Å². The number of imidazole rings is 2. The maximum atomic E-state index is 13.4. The molecule has 3 saturated heterocycles. The number of nitrogens with two attached hydrogens (primary N) is 2. The van der Waals surface area contributed by atoms with Crippen LogP contribution < -0.4 is 41.2 Å². The van der Waals surface area contributed by atoms with Crippen LogP contribution in [-0.4, -0.2) is 145 Å². The third-order valence-corrected chi connectivity index (χ3v) is 15.8. The molecule has 0 aromatic carbocycles. The van der Waals surface area contributed by atoms with Crippen molar-refractivity contribution >= 4 is 65.4 Å². The molecule has 7 unspecified atom stereocenters. The number of aromatic nitrogens is 8. The van der Waals surface area contributed by atoms with Gasteiger partial charge < -0.3 is 87.8 Å². The zero-order valence-corrected chi connectivity index (χ0v) is 40.5. The first-order valence-corrected chi connectivity index (χ1v) is 26.1. The molecular formula is C32H47N10O23P4-3. The highest BCUT2D eigenvalue weighted by Crippen LogP contribution is 2.63. The second kappa shape index (κ2) is 20.7. The van der Waals surface area contributed by atoms with Gasteiger partial charge >= 0.3 is 5.65 Å². The van der Waals surface area contributed by atoms with Crippen LogP contribution in [0.1, 0.15) is 33.2 Å². The first-order valence-electron chi connectivity index (χ1n) is 20.3. The minimum Gasteiger partial charge on any atom is -0.756 e. The Bertz CT molecular complexity index is 2750. The zero-order chi connectivity index (χ0) is 50.5. The van der Waals surface area contributed by atoms with Gasteiger partial charge in [0, 0.05) is 14.2 Å². The highest BCUT2D eigenvalue weighted by Gasteiger charge is 2.51. The molecule has 4 aromatic heterocycles. The third kappa shape index (κ3) is 11.8. The number of phosphoric acid groups is 4. The van der Waals surface area contributed by atoms with Gasteiger partial charge in [-0.2, -0.15) is 0 Å². The molecule has 0 spiro atoms. The van der Waals surface area contributed by atoms with Crippen molar-refractivity contribution in [3.63, 3.8) is 0 Å². The normalized spacial score (nSPS) is 32.1. The number of rotatable bonds is 21. The molecule has 0 radical (unpaired) electrons. The summed E-state index contributed by atoms with van der Waals surface area (Å²) in [6.45, 7) is 1.76. The quantitative estimate of drug-likeness (QED) is 0.0392. The van der Waals surface area contributed by atoms with E-state index in [0.29, 0.717) is 0 Å². The number of anilines is 2. The summed E-state index contributed by atoms with van der Waals surface area (Å²) in [5.74, 6) is -0.346. The van der Waals surface area contributed by atoms with Crippen molar-refractivity contribution < 1.29 is 108 Å². The Morgan fingerprint density at radius 1 is 0.826 bits per heavy atom. The summed E-state index contributed by atoms with van der Waals surface area (Å²) in [6, 6.07) is 0. The first kappa shape index (κ1) is 53.5. The van der Waals surface area contributed by atoms with Gasteiger partial charge in [-0.05, 0) is 20.8 Å². The number of aryl methyl sites for hydroxylation is 1. The summed E-state index contributed by atoms with van der Waals surface area (Å²) >= 11 is 0. The summed E-state index contributed by atoms with van der Waals surface area (Å²) < 4.78 is 117. The Kier molecular flexibility index (Phi) is 16.0. The van der Waals surface area contributed by atoms with E-state index >= 15 is 0 Å². The lowest BCUT2D eigenvalue weighted by Crippen LogP contribution is -2.46. The molecule has 7 rings (SSSR count). The van der Waals surface area contributed by atoms with Crippen molar-refractivity contribution in [2.75, 3.05) is 45.5 Å². The summed E-state index contributed by atoms with van der Waals surface area (Å²) in [6.07, 6.45) is -13.4. The van der Waals surface area contributed by atoms with E-state index in [1.807, 2.05) is 0 Å². The maximum Gasteiger partial charge on any atom is 0.313 e. The smallest absolute Gasteiger partial charge is 0.313 e. The fraction of sp³-hybridized carbons (Fsp3) is 0.688. The van der Waals surface area contributed by atoms with Gasteiger partial charge in [0.15, 0.2) is 24.0 Å². The predicted molar refractivity (Wildman–Crippen MR) is 217 cm³/mol. The predicted octanol–water partition coefficient (Wildman–Crippen LogP) is -3.98. The standard InChI is InChI=1S/C32H50N10O23P4/c1-13(2)59-23-16(60-14(3)20(23)43)8-56-66(46,47)63-24-17(62-31(25(24)55-6)41-11-37-18-26(33)35-10-36-27(18)41)9-58-68(50,51)65-69(52,53)64-67(48,49)57-7-15-22(54-5)21(44)30(61-15)42-12-40(4)19-28(42)38-32(34)39-29(19)45/h10-17,20-25,30-31,43-44H,7-9H2,1-6H3,(H8-,33,34,35,36,38,39,45,46,47,48,49,50,51,52,53)/p-3/t14-,15+,16+,17+,20?,21?,22-,23-,24-,25?,30+,31+/m0/s1. The highest BCUT2D eigenvalue weighted by atomic mass is 31.3.